The van der Waals surface area contributed by atoms with Gasteiger partial charge in [-0.2, -0.15) is 0 Å². The molecule has 1 aromatic rings. The first kappa shape index (κ1) is 17.0. The molecule has 22 heavy (non-hydrogen) atoms. The van der Waals surface area contributed by atoms with Crippen LogP contribution in [0.3, 0.4) is 0 Å². The minimum Gasteiger partial charge on any atom is -0.349 e. The van der Waals surface area contributed by atoms with Crippen LogP contribution < -0.4 is 11.1 Å². The molecule has 0 aromatic heterocycles. The van der Waals surface area contributed by atoms with Crippen molar-refractivity contribution in [3.8, 4) is 0 Å². The van der Waals surface area contributed by atoms with Gasteiger partial charge in [-0.05, 0) is 41.4 Å². The highest BCUT2D eigenvalue weighted by molar-refractivity contribution is 5.78. The van der Waals surface area contributed by atoms with Crippen LogP contribution in [0.25, 0.3) is 0 Å². The summed E-state index contributed by atoms with van der Waals surface area (Å²) in [6.45, 7) is 10.4. The van der Waals surface area contributed by atoms with Crippen molar-refractivity contribution in [2.24, 2.45) is 17.1 Å². The van der Waals surface area contributed by atoms with Crippen LogP contribution in [0.15, 0.2) is 18.2 Å². The summed E-state index contributed by atoms with van der Waals surface area (Å²) in [5.41, 5.74) is 10.2. The van der Waals surface area contributed by atoms with E-state index >= 15 is 0 Å². The average molecular weight is 302 g/mol. The second kappa shape index (κ2) is 6.41. The number of aryl methyl sites for hydroxylation is 1. The van der Waals surface area contributed by atoms with Gasteiger partial charge in [0.15, 0.2) is 0 Å². The summed E-state index contributed by atoms with van der Waals surface area (Å²) in [5.74, 6) is 0.147. The molecule has 1 aliphatic carbocycles. The van der Waals surface area contributed by atoms with E-state index in [1.165, 1.54) is 11.1 Å². The number of nitrogens with one attached hydrogen (secondary N) is 1. The van der Waals surface area contributed by atoms with E-state index in [9.17, 15) is 4.79 Å². The molecule has 3 heteroatoms. The van der Waals surface area contributed by atoms with Crippen molar-refractivity contribution < 1.29 is 4.79 Å². The van der Waals surface area contributed by atoms with Crippen LogP contribution in [0.2, 0.25) is 0 Å². The maximum absolute atomic E-state index is 12.1. The summed E-state index contributed by atoms with van der Waals surface area (Å²) in [5, 5.41) is 3.20. The van der Waals surface area contributed by atoms with Crippen molar-refractivity contribution in [3.63, 3.8) is 0 Å². The number of amides is 1. The monoisotopic (exact) mass is 302 g/mol. The Balaban J connectivity index is 2.30. The molecule has 2 atom stereocenters. The van der Waals surface area contributed by atoms with Gasteiger partial charge in [-0.3, -0.25) is 4.79 Å². The van der Waals surface area contributed by atoms with E-state index in [0.29, 0.717) is 0 Å². The fourth-order valence-electron chi connectivity index (χ4n) is 3.00. The predicted octanol–water partition coefficient (Wildman–Crippen LogP) is 3.88. The van der Waals surface area contributed by atoms with E-state index in [4.69, 9.17) is 5.73 Å². The highest BCUT2D eigenvalue weighted by Gasteiger charge is 2.26. The molecule has 0 heterocycles. The number of hydrogen-bond donors (Lipinski definition) is 2. The Morgan fingerprint density at radius 2 is 2.00 bits per heavy atom. The first-order valence-electron chi connectivity index (χ1n) is 8.39. The second-order valence-electron chi connectivity index (χ2n) is 7.91. The number of fused-ring (bicyclic) bond motifs is 1. The highest BCUT2D eigenvalue weighted by atomic mass is 16.1. The van der Waals surface area contributed by atoms with E-state index in [1.54, 1.807) is 0 Å². The summed E-state index contributed by atoms with van der Waals surface area (Å²) in [4.78, 5) is 12.1. The number of carbonyl (C=O) groups is 1. The SMILES string of the molecule is CC(C)C(=O)NC1CCCc2ccc(C(N)C(C)(C)C)cc21. The fraction of sp³-hybridized carbons (Fsp3) is 0.632. The molecule has 0 radical (unpaired) electrons. The Morgan fingerprint density at radius 1 is 1.32 bits per heavy atom. The van der Waals surface area contributed by atoms with Crippen molar-refractivity contribution in [3.05, 3.63) is 34.9 Å². The summed E-state index contributed by atoms with van der Waals surface area (Å²) >= 11 is 0. The Morgan fingerprint density at radius 3 is 2.59 bits per heavy atom. The molecule has 0 aliphatic heterocycles. The van der Waals surface area contributed by atoms with Gasteiger partial charge in [0, 0.05) is 12.0 Å². The molecule has 3 nitrogen and oxygen atoms in total. The van der Waals surface area contributed by atoms with E-state index in [2.05, 4.69) is 44.3 Å². The molecule has 2 unspecified atom stereocenters. The van der Waals surface area contributed by atoms with E-state index in [-0.39, 0.29) is 29.3 Å². The van der Waals surface area contributed by atoms with E-state index in [1.807, 2.05) is 13.8 Å². The Bertz CT molecular complexity index is 543. The number of hydrogen-bond acceptors (Lipinski definition) is 2. The average Bonchev–Trinajstić information content (AvgIpc) is 2.45. The summed E-state index contributed by atoms with van der Waals surface area (Å²) in [6.07, 6.45) is 3.23. The van der Waals surface area contributed by atoms with Gasteiger partial charge in [-0.1, -0.05) is 52.8 Å². The molecule has 0 saturated heterocycles. The van der Waals surface area contributed by atoms with Gasteiger partial charge in [0.25, 0.3) is 0 Å². The Kier molecular flexibility index (Phi) is 4.96. The molecule has 2 rings (SSSR count). The van der Waals surface area contributed by atoms with Crippen molar-refractivity contribution in [2.75, 3.05) is 0 Å². The van der Waals surface area contributed by atoms with Gasteiger partial charge < -0.3 is 11.1 Å². The van der Waals surface area contributed by atoms with Crippen molar-refractivity contribution in [2.45, 2.75) is 66.0 Å². The Labute approximate surface area is 134 Å². The number of rotatable bonds is 3. The predicted molar refractivity (Wildman–Crippen MR) is 91.5 cm³/mol. The zero-order valence-electron chi connectivity index (χ0n) is 14.6. The molecule has 1 aliphatic rings. The molecule has 0 fully saturated rings. The zero-order valence-corrected chi connectivity index (χ0v) is 14.6. The quantitative estimate of drug-likeness (QED) is 0.890. The summed E-state index contributed by atoms with van der Waals surface area (Å²) in [7, 11) is 0. The lowest BCUT2D eigenvalue weighted by Gasteiger charge is -2.31. The van der Waals surface area contributed by atoms with Crippen LogP contribution in [-0.2, 0) is 11.2 Å². The topological polar surface area (TPSA) is 55.1 Å². The van der Waals surface area contributed by atoms with Gasteiger partial charge in [0.05, 0.1) is 6.04 Å². The minimum atomic E-state index is 0.00109. The fourth-order valence-corrected chi connectivity index (χ4v) is 3.00. The lowest BCUT2D eigenvalue weighted by Crippen LogP contribution is -2.34. The van der Waals surface area contributed by atoms with Gasteiger partial charge >= 0.3 is 0 Å². The molecule has 1 amide bonds. The van der Waals surface area contributed by atoms with Crippen LogP contribution in [0.5, 0.6) is 0 Å². The number of benzene rings is 1. The van der Waals surface area contributed by atoms with Gasteiger partial charge in [0.1, 0.15) is 0 Å². The number of carbonyl (C=O) groups excluding carboxylic acids is 1. The summed E-state index contributed by atoms with van der Waals surface area (Å²) in [6, 6.07) is 6.70. The molecular weight excluding hydrogens is 272 g/mol. The molecular formula is C19H30N2O. The van der Waals surface area contributed by atoms with Crippen LogP contribution in [0.4, 0.5) is 0 Å². The Hall–Kier alpha value is -1.35. The minimum absolute atomic E-state index is 0.00109. The third-order valence-corrected chi connectivity index (χ3v) is 4.62. The van der Waals surface area contributed by atoms with Crippen molar-refractivity contribution in [1.82, 2.24) is 5.32 Å². The van der Waals surface area contributed by atoms with Crippen LogP contribution in [0.1, 0.15) is 76.2 Å². The maximum Gasteiger partial charge on any atom is 0.223 e. The van der Waals surface area contributed by atoms with Crippen LogP contribution in [0, 0.1) is 11.3 Å². The van der Waals surface area contributed by atoms with Crippen molar-refractivity contribution in [1.29, 1.82) is 0 Å². The van der Waals surface area contributed by atoms with Crippen LogP contribution >= 0.6 is 0 Å². The lowest BCUT2D eigenvalue weighted by atomic mass is 9.80. The third-order valence-electron chi connectivity index (χ3n) is 4.62. The summed E-state index contributed by atoms with van der Waals surface area (Å²) < 4.78 is 0. The second-order valence-corrected chi connectivity index (χ2v) is 7.91. The normalized spacial score (nSPS) is 19.7. The molecule has 122 valence electrons. The van der Waals surface area contributed by atoms with Gasteiger partial charge in [-0.15, -0.1) is 0 Å². The van der Waals surface area contributed by atoms with Crippen LogP contribution in [-0.4, -0.2) is 5.91 Å². The van der Waals surface area contributed by atoms with E-state index < -0.39 is 0 Å². The molecule has 0 saturated carbocycles. The number of nitrogens with two attached hydrogens (primary N) is 1. The lowest BCUT2D eigenvalue weighted by molar-refractivity contribution is -0.124. The largest absolute Gasteiger partial charge is 0.349 e. The molecule has 3 N–H and O–H groups in total. The standard InChI is InChI=1S/C19H30N2O/c1-12(2)18(22)21-16-8-6-7-13-9-10-14(11-15(13)16)17(20)19(3,4)5/h9-12,16-17H,6-8,20H2,1-5H3,(H,21,22). The molecule has 0 bridgehead atoms. The molecule has 0 spiro atoms. The van der Waals surface area contributed by atoms with Gasteiger partial charge in [0.2, 0.25) is 5.91 Å². The van der Waals surface area contributed by atoms with Crippen molar-refractivity contribution >= 4 is 5.91 Å². The maximum atomic E-state index is 12.1. The van der Waals surface area contributed by atoms with E-state index in [0.717, 1.165) is 24.8 Å². The smallest absolute Gasteiger partial charge is 0.223 e. The van der Waals surface area contributed by atoms with Gasteiger partial charge in [-0.25, -0.2) is 0 Å². The highest BCUT2D eigenvalue weighted by Crippen LogP contribution is 2.35. The first-order chi connectivity index (χ1) is 10.2. The first-order valence-corrected chi connectivity index (χ1v) is 8.39. The molecule has 1 aromatic carbocycles. The third kappa shape index (κ3) is 3.70. The zero-order chi connectivity index (χ0) is 16.5.